The monoisotopic (exact) mass is 270 g/mol. The first kappa shape index (κ1) is 14.5. The van der Waals surface area contributed by atoms with Crippen LogP contribution in [0.1, 0.15) is 34.8 Å². The fourth-order valence-electron chi connectivity index (χ4n) is 2.37. The summed E-state index contributed by atoms with van der Waals surface area (Å²) in [5.41, 5.74) is 10.9. The maximum atomic E-state index is 6.26. The lowest BCUT2D eigenvalue weighted by atomic mass is 10.00. The molecule has 0 aliphatic rings. The van der Waals surface area contributed by atoms with Gasteiger partial charge in [0.25, 0.3) is 0 Å². The van der Waals surface area contributed by atoms with Crippen molar-refractivity contribution in [2.45, 2.75) is 32.7 Å². The van der Waals surface area contributed by atoms with Crippen molar-refractivity contribution in [3.8, 4) is 5.75 Å². The van der Waals surface area contributed by atoms with E-state index in [9.17, 15) is 0 Å². The van der Waals surface area contributed by atoms with Crippen molar-refractivity contribution in [1.82, 2.24) is 4.98 Å². The van der Waals surface area contributed by atoms with Crippen LogP contribution in [-0.2, 0) is 6.42 Å². The molecule has 0 aliphatic heterocycles. The van der Waals surface area contributed by atoms with E-state index in [0.717, 1.165) is 24.3 Å². The van der Waals surface area contributed by atoms with Gasteiger partial charge in [-0.3, -0.25) is 4.98 Å². The molecule has 0 saturated heterocycles. The number of benzene rings is 1. The van der Waals surface area contributed by atoms with Gasteiger partial charge in [0.2, 0.25) is 0 Å². The Labute approximate surface area is 120 Å². The molecule has 0 bridgehead atoms. The average Bonchev–Trinajstić information content (AvgIpc) is 2.45. The maximum Gasteiger partial charge on any atom is 0.118 e. The number of methoxy groups -OCH3 is 1. The number of rotatable bonds is 5. The predicted octanol–water partition coefficient (Wildman–Crippen LogP) is 3.34. The van der Waals surface area contributed by atoms with Gasteiger partial charge >= 0.3 is 0 Å². The summed E-state index contributed by atoms with van der Waals surface area (Å²) in [4.78, 5) is 4.47. The van der Waals surface area contributed by atoms with Crippen LogP contribution < -0.4 is 10.5 Å². The molecule has 2 aromatic rings. The number of hydrogen-bond donors (Lipinski definition) is 1. The quantitative estimate of drug-likeness (QED) is 0.906. The molecule has 1 heterocycles. The van der Waals surface area contributed by atoms with E-state index in [1.807, 2.05) is 25.3 Å². The molecule has 20 heavy (non-hydrogen) atoms. The SMILES string of the molecule is COc1ccc(CCC(N)c2ncc(C)cc2C)cc1. The highest BCUT2D eigenvalue weighted by atomic mass is 16.5. The van der Waals surface area contributed by atoms with E-state index in [2.05, 4.69) is 30.1 Å². The third kappa shape index (κ3) is 3.58. The van der Waals surface area contributed by atoms with Gasteiger partial charge in [-0.05, 0) is 55.5 Å². The van der Waals surface area contributed by atoms with Gasteiger partial charge in [-0.15, -0.1) is 0 Å². The molecular formula is C17H22N2O. The summed E-state index contributed by atoms with van der Waals surface area (Å²) in [6.45, 7) is 4.12. The molecule has 2 N–H and O–H groups in total. The summed E-state index contributed by atoms with van der Waals surface area (Å²) in [6, 6.07) is 10.3. The molecule has 1 atom stereocenters. The Morgan fingerprint density at radius 2 is 1.90 bits per heavy atom. The molecule has 1 unspecified atom stereocenters. The van der Waals surface area contributed by atoms with Crippen molar-refractivity contribution in [2.75, 3.05) is 7.11 Å². The third-order valence-corrected chi connectivity index (χ3v) is 3.51. The maximum absolute atomic E-state index is 6.26. The van der Waals surface area contributed by atoms with Crippen LogP contribution in [0.5, 0.6) is 5.75 Å². The first-order valence-electron chi connectivity index (χ1n) is 6.92. The lowest BCUT2D eigenvalue weighted by Crippen LogP contribution is -2.14. The zero-order valence-corrected chi connectivity index (χ0v) is 12.4. The van der Waals surface area contributed by atoms with E-state index in [1.54, 1.807) is 7.11 Å². The molecule has 0 radical (unpaired) electrons. The Hall–Kier alpha value is -1.87. The second-order valence-electron chi connectivity index (χ2n) is 5.21. The van der Waals surface area contributed by atoms with Gasteiger partial charge in [0, 0.05) is 12.2 Å². The topological polar surface area (TPSA) is 48.1 Å². The summed E-state index contributed by atoms with van der Waals surface area (Å²) in [6.07, 6.45) is 3.72. The number of hydrogen-bond acceptors (Lipinski definition) is 3. The number of pyridine rings is 1. The fourth-order valence-corrected chi connectivity index (χ4v) is 2.37. The lowest BCUT2D eigenvalue weighted by molar-refractivity contribution is 0.414. The van der Waals surface area contributed by atoms with Crippen molar-refractivity contribution < 1.29 is 4.74 Å². The summed E-state index contributed by atoms with van der Waals surface area (Å²) in [5, 5.41) is 0. The van der Waals surface area contributed by atoms with Crippen LogP contribution >= 0.6 is 0 Å². The Morgan fingerprint density at radius 3 is 2.50 bits per heavy atom. The Kier molecular flexibility index (Phi) is 4.74. The molecule has 1 aromatic heterocycles. The molecule has 1 aromatic carbocycles. The number of ether oxygens (including phenoxy) is 1. The van der Waals surface area contributed by atoms with Crippen molar-refractivity contribution in [2.24, 2.45) is 5.73 Å². The lowest BCUT2D eigenvalue weighted by Gasteiger charge is -2.14. The van der Waals surface area contributed by atoms with Gasteiger partial charge in [-0.2, -0.15) is 0 Å². The highest BCUT2D eigenvalue weighted by Gasteiger charge is 2.10. The van der Waals surface area contributed by atoms with E-state index in [4.69, 9.17) is 10.5 Å². The summed E-state index contributed by atoms with van der Waals surface area (Å²) < 4.78 is 5.16. The first-order valence-corrected chi connectivity index (χ1v) is 6.92. The predicted molar refractivity (Wildman–Crippen MR) is 82.0 cm³/mol. The Balaban J connectivity index is 1.98. The van der Waals surface area contributed by atoms with Gasteiger partial charge in [-0.25, -0.2) is 0 Å². The summed E-state index contributed by atoms with van der Waals surface area (Å²) >= 11 is 0. The third-order valence-electron chi connectivity index (χ3n) is 3.51. The van der Waals surface area contributed by atoms with Gasteiger partial charge < -0.3 is 10.5 Å². The Morgan fingerprint density at radius 1 is 1.20 bits per heavy atom. The number of aryl methyl sites for hydroxylation is 3. The van der Waals surface area contributed by atoms with Gasteiger partial charge in [0.15, 0.2) is 0 Å². The van der Waals surface area contributed by atoms with E-state index in [-0.39, 0.29) is 6.04 Å². The molecule has 0 spiro atoms. The van der Waals surface area contributed by atoms with E-state index in [1.165, 1.54) is 16.7 Å². The Bertz CT molecular complexity index is 564. The van der Waals surface area contributed by atoms with Crippen LogP contribution in [0.3, 0.4) is 0 Å². The van der Waals surface area contributed by atoms with Gasteiger partial charge in [0.1, 0.15) is 5.75 Å². The molecule has 0 aliphatic carbocycles. The van der Waals surface area contributed by atoms with Crippen LogP contribution in [0.25, 0.3) is 0 Å². The molecule has 3 nitrogen and oxygen atoms in total. The normalized spacial score (nSPS) is 12.2. The molecule has 106 valence electrons. The van der Waals surface area contributed by atoms with E-state index >= 15 is 0 Å². The van der Waals surface area contributed by atoms with Crippen molar-refractivity contribution in [3.05, 3.63) is 58.9 Å². The summed E-state index contributed by atoms with van der Waals surface area (Å²) in [7, 11) is 1.68. The number of nitrogens with zero attached hydrogens (tertiary/aromatic N) is 1. The van der Waals surface area contributed by atoms with Crippen LogP contribution in [0.4, 0.5) is 0 Å². The highest BCUT2D eigenvalue weighted by Crippen LogP contribution is 2.20. The minimum atomic E-state index is -0.0160. The van der Waals surface area contributed by atoms with E-state index in [0.29, 0.717) is 0 Å². The largest absolute Gasteiger partial charge is 0.497 e. The smallest absolute Gasteiger partial charge is 0.118 e. The van der Waals surface area contributed by atoms with Crippen molar-refractivity contribution in [3.63, 3.8) is 0 Å². The average molecular weight is 270 g/mol. The second-order valence-corrected chi connectivity index (χ2v) is 5.21. The first-order chi connectivity index (χ1) is 9.60. The van der Waals surface area contributed by atoms with Crippen molar-refractivity contribution >= 4 is 0 Å². The number of aromatic nitrogens is 1. The molecule has 0 fully saturated rings. The zero-order chi connectivity index (χ0) is 14.5. The minimum absolute atomic E-state index is 0.0160. The van der Waals surface area contributed by atoms with E-state index < -0.39 is 0 Å². The molecule has 0 saturated carbocycles. The fraction of sp³-hybridized carbons (Fsp3) is 0.353. The molecule has 2 rings (SSSR count). The standard InChI is InChI=1S/C17H22N2O/c1-12-10-13(2)17(19-11-12)16(18)9-6-14-4-7-15(20-3)8-5-14/h4-5,7-8,10-11,16H,6,9,18H2,1-3H3. The van der Waals surface area contributed by atoms with Crippen molar-refractivity contribution in [1.29, 1.82) is 0 Å². The molecule has 3 heteroatoms. The molecular weight excluding hydrogens is 248 g/mol. The van der Waals surface area contributed by atoms with Gasteiger partial charge in [-0.1, -0.05) is 18.2 Å². The summed E-state index contributed by atoms with van der Waals surface area (Å²) in [5.74, 6) is 0.883. The molecule has 0 amide bonds. The minimum Gasteiger partial charge on any atom is -0.497 e. The number of nitrogens with two attached hydrogens (primary N) is 1. The zero-order valence-electron chi connectivity index (χ0n) is 12.4. The van der Waals surface area contributed by atoms with Crippen LogP contribution in [-0.4, -0.2) is 12.1 Å². The highest BCUT2D eigenvalue weighted by molar-refractivity contribution is 5.28. The van der Waals surface area contributed by atoms with Crippen LogP contribution in [0.2, 0.25) is 0 Å². The van der Waals surface area contributed by atoms with Crippen LogP contribution in [0.15, 0.2) is 36.5 Å². The van der Waals surface area contributed by atoms with Crippen LogP contribution in [0, 0.1) is 13.8 Å². The second kappa shape index (κ2) is 6.53. The van der Waals surface area contributed by atoms with Gasteiger partial charge in [0.05, 0.1) is 12.8 Å².